The number of fused-ring (bicyclic) bond motifs is 1. The van der Waals surface area contributed by atoms with Crippen LogP contribution >= 0.6 is 11.6 Å². The number of carbonyl (C=O) groups excluding carboxylic acids is 2. The van der Waals surface area contributed by atoms with Gasteiger partial charge in [-0.05, 0) is 37.3 Å². The summed E-state index contributed by atoms with van der Waals surface area (Å²) >= 11 is 5.62. The number of hydrogen-bond acceptors (Lipinski definition) is 5. The molecule has 0 spiro atoms. The summed E-state index contributed by atoms with van der Waals surface area (Å²) in [6.07, 6.45) is 2.06. The van der Waals surface area contributed by atoms with Gasteiger partial charge in [0.2, 0.25) is 5.91 Å². The van der Waals surface area contributed by atoms with E-state index in [1.54, 1.807) is 0 Å². The van der Waals surface area contributed by atoms with E-state index in [2.05, 4.69) is 15.4 Å². The van der Waals surface area contributed by atoms with Gasteiger partial charge in [0, 0.05) is 30.5 Å². The first-order valence-electron chi connectivity index (χ1n) is 10.4. The zero-order valence-electron chi connectivity index (χ0n) is 17.1. The van der Waals surface area contributed by atoms with Crippen LogP contribution in [-0.4, -0.2) is 55.4 Å². The third kappa shape index (κ3) is 5.47. The van der Waals surface area contributed by atoms with Gasteiger partial charge in [-0.25, -0.2) is 4.39 Å². The first-order valence-corrected chi connectivity index (χ1v) is 10.8. The number of benzene rings is 1. The van der Waals surface area contributed by atoms with E-state index in [1.807, 2.05) is 0 Å². The van der Waals surface area contributed by atoms with E-state index in [9.17, 15) is 22.8 Å². The van der Waals surface area contributed by atoms with Crippen molar-refractivity contribution in [2.24, 2.45) is 5.92 Å². The Labute approximate surface area is 187 Å². The van der Waals surface area contributed by atoms with Crippen LogP contribution in [0.4, 0.5) is 13.2 Å². The molecule has 4 aliphatic carbocycles. The maximum atomic E-state index is 13.4. The molecule has 0 heterocycles. The predicted molar refractivity (Wildman–Crippen MR) is 107 cm³/mol. The van der Waals surface area contributed by atoms with Crippen molar-refractivity contribution in [2.75, 3.05) is 13.2 Å². The lowest BCUT2D eigenvalue weighted by Gasteiger charge is -2.39. The van der Waals surface area contributed by atoms with Crippen molar-refractivity contribution in [3.05, 3.63) is 29.0 Å². The lowest BCUT2D eigenvalue weighted by Crippen LogP contribution is -2.53. The van der Waals surface area contributed by atoms with Gasteiger partial charge in [-0.3, -0.25) is 9.59 Å². The second kappa shape index (κ2) is 9.44. The molecule has 7 nitrogen and oxygen atoms in total. The molecule has 2 bridgehead atoms. The predicted octanol–water partition coefficient (Wildman–Crippen LogP) is 2.80. The number of alkyl halides is 2. The first-order chi connectivity index (χ1) is 15.2. The van der Waals surface area contributed by atoms with Gasteiger partial charge in [-0.2, -0.15) is 8.78 Å². The number of ether oxygens (including phenoxy) is 3. The van der Waals surface area contributed by atoms with Crippen LogP contribution < -0.4 is 15.4 Å². The molecule has 0 radical (unpaired) electrons. The van der Waals surface area contributed by atoms with E-state index in [1.165, 1.54) is 12.1 Å². The summed E-state index contributed by atoms with van der Waals surface area (Å²) in [7, 11) is 0. The van der Waals surface area contributed by atoms with Crippen LogP contribution in [0.1, 0.15) is 32.1 Å². The summed E-state index contributed by atoms with van der Waals surface area (Å²) in [4.78, 5) is 24.4. The highest BCUT2D eigenvalue weighted by Gasteiger charge is 2.57. The minimum absolute atomic E-state index is 0.0247. The van der Waals surface area contributed by atoms with Crippen molar-refractivity contribution < 1.29 is 37.0 Å². The van der Waals surface area contributed by atoms with Crippen LogP contribution in [-0.2, 0) is 19.1 Å². The summed E-state index contributed by atoms with van der Waals surface area (Å²) in [6, 6.07) is 3.89. The Kier molecular flexibility index (Phi) is 6.83. The molecule has 0 aromatic heterocycles. The summed E-state index contributed by atoms with van der Waals surface area (Å²) < 4.78 is 52.8. The van der Waals surface area contributed by atoms with Crippen molar-refractivity contribution in [2.45, 2.75) is 62.5 Å². The normalized spacial score (nSPS) is 30.4. The molecule has 0 aliphatic heterocycles. The van der Waals surface area contributed by atoms with Crippen molar-refractivity contribution in [3.63, 3.8) is 0 Å². The molecule has 2 N–H and O–H groups in total. The van der Waals surface area contributed by atoms with Gasteiger partial charge < -0.3 is 24.8 Å². The lowest BCUT2D eigenvalue weighted by atomic mass is 9.76. The molecule has 1 aromatic rings. The van der Waals surface area contributed by atoms with Gasteiger partial charge in [-0.15, -0.1) is 0 Å². The Hall–Kier alpha value is -2.04. The number of hydrogen-bond donors (Lipinski definition) is 2. The minimum atomic E-state index is -2.79. The van der Waals surface area contributed by atoms with Crippen LogP contribution in [0, 0.1) is 11.7 Å². The van der Waals surface area contributed by atoms with Gasteiger partial charge >= 0.3 is 6.61 Å². The highest BCUT2D eigenvalue weighted by molar-refractivity contribution is 6.30. The summed E-state index contributed by atoms with van der Waals surface area (Å²) in [5.41, 5.74) is -0.372. The molecule has 1 aromatic carbocycles. The first kappa shape index (κ1) is 23.1. The smallest absolute Gasteiger partial charge is 0.345 e. The molecule has 0 saturated heterocycles. The molecule has 4 aliphatic rings. The Bertz CT molecular complexity index is 862. The topological polar surface area (TPSA) is 85.9 Å². The van der Waals surface area contributed by atoms with Gasteiger partial charge in [0.15, 0.2) is 6.61 Å². The number of nitrogens with one attached hydrogen (secondary N) is 2. The standard InChI is InChI=1S/C21H24ClF3N2O5/c22-15-2-1-12(5-16(15)23)30-10-19(29)27-21-6-11(7-21)17(8-21)26-18(28)9-31-13-3-14(4-13)32-20(24)25/h1-2,5,11,13-14,17,20H,3-4,6-10H2,(H,26,28)(H,27,29)/t11?,13?,14?,17-,21?/m1/s1. The molecule has 5 rings (SSSR count). The fraction of sp³-hybridized carbons (Fsp3) is 0.619. The van der Waals surface area contributed by atoms with E-state index < -0.39 is 18.5 Å². The third-order valence-corrected chi connectivity index (χ3v) is 6.60. The van der Waals surface area contributed by atoms with Gasteiger partial charge in [-0.1, -0.05) is 11.6 Å². The Morgan fingerprint density at radius 1 is 1.12 bits per heavy atom. The molecule has 32 heavy (non-hydrogen) atoms. The molecule has 4 saturated carbocycles. The number of halogens is 4. The van der Waals surface area contributed by atoms with Gasteiger partial charge in [0.05, 0.1) is 17.2 Å². The van der Waals surface area contributed by atoms with Crippen molar-refractivity contribution >= 4 is 23.4 Å². The summed E-state index contributed by atoms with van der Waals surface area (Å²) in [5.74, 6) is -0.726. The van der Waals surface area contributed by atoms with Gasteiger partial charge in [0.25, 0.3) is 5.91 Å². The molecule has 2 amide bonds. The molecule has 0 unspecified atom stereocenters. The number of carbonyl (C=O) groups is 2. The molecule has 1 atom stereocenters. The van der Waals surface area contributed by atoms with Crippen molar-refractivity contribution in [1.29, 1.82) is 0 Å². The maximum Gasteiger partial charge on any atom is 0.345 e. The quantitative estimate of drug-likeness (QED) is 0.542. The second-order valence-electron chi connectivity index (χ2n) is 8.66. The van der Waals surface area contributed by atoms with Crippen LogP contribution in [0.15, 0.2) is 18.2 Å². The van der Waals surface area contributed by atoms with Crippen molar-refractivity contribution in [3.8, 4) is 5.75 Å². The Balaban J connectivity index is 1.14. The van der Waals surface area contributed by atoms with Crippen LogP contribution in [0.3, 0.4) is 0 Å². The van der Waals surface area contributed by atoms with Gasteiger partial charge in [0.1, 0.15) is 18.2 Å². The molecule has 176 valence electrons. The average molecular weight is 477 g/mol. The third-order valence-electron chi connectivity index (χ3n) is 6.29. The lowest BCUT2D eigenvalue weighted by molar-refractivity contribution is -0.207. The fourth-order valence-corrected chi connectivity index (χ4v) is 4.82. The van der Waals surface area contributed by atoms with Crippen LogP contribution in [0.25, 0.3) is 0 Å². The average Bonchev–Trinajstić information content (AvgIpc) is 3.17. The maximum absolute atomic E-state index is 13.4. The minimum Gasteiger partial charge on any atom is -0.484 e. The van der Waals surface area contributed by atoms with Crippen LogP contribution in [0.2, 0.25) is 5.02 Å². The van der Waals surface area contributed by atoms with E-state index in [-0.39, 0.29) is 59.4 Å². The van der Waals surface area contributed by atoms with E-state index in [4.69, 9.17) is 21.1 Å². The molecular weight excluding hydrogens is 453 g/mol. The number of rotatable bonds is 10. The SMILES string of the molecule is O=C(COC1CC(OC(F)F)C1)N[C@@H]1CC2(NC(=O)COc3ccc(Cl)c(F)c3)CC1C2. The summed E-state index contributed by atoms with van der Waals surface area (Å²) in [5, 5.41) is 5.88. The molecule has 11 heteroatoms. The molecular formula is C21H24ClF3N2O5. The second-order valence-corrected chi connectivity index (χ2v) is 9.07. The number of amides is 2. The zero-order chi connectivity index (χ0) is 22.9. The largest absolute Gasteiger partial charge is 0.484 e. The van der Waals surface area contributed by atoms with Crippen molar-refractivity contribution in [1.82, 2.24) is 10.6 Å². The highest BCUT2D eigenvalue weighted by Crippen LogP contribution is 2.52. The Morgan fingerprint density at radius 3 is 2.56 bits per heavy atom. The fourth-order valence-electron chi connectivity index (χ4n) is 4.70. The van der Waals surface area contributed by atoms with E-state index in [0.29, 0.717) is 19.3 Å². The zero-order valence-corrected chi connectivity index (χ0v) is 17.9. The van der Waals surface area contributed by atoms with E-state index >= 15 is 0 Å². The Morgan fingerprint density at radius 2 is 1.88 bits per heavy atom. The monoisotopic (exact) mass is 476 g/mol. The highest BCUT2D eigenvalue weighted by atomic mass is 35.5. The molecule has 4 fully saturated rings. The van der Waals surface area contributed by atoms with E-state index in [0.717, 1.165) is 18.9 Å². The van der Waals surface area contributed by atoms with Crippen LogP contribution in [0.5, 0.6) is 5.75 Å². The summed E-state index contributed by atoms with van der Waals surface area (Å²) in [6.45, 7) is -3.19.